The minimum absolute atomic E-state index is 0.00130. The first-order valence-electron chi connectivity index (χ1n) is 6.61. The maximum atomic E-state index is 11.9. The van der Waals surface area contributed by atoms with Crippen LogP contribution in [0.2, 0.25) is 0 Å². The van der Waals surface area contributed by atoms with E-state index in [4.69, 9.17) is 5.73 Å². The SMILES string of the molecule is CC(C)CC(CN)C(=O)NCC1CCCC1. The highest BCUT2D eigenvalue weighted by atomic mass is 16.1. The third kappa shape index (κ3) is 4.52. The molecule has 0 aromatic carbocycles. The first kappa shape index (κ1) is 13.5. The van der Waals surface area contributed by atoms with Crippen molar-refractivity contribution in [1.29, 1.82) is 0 Å². The second kappa shape index (κ2) is 6.89. The van der Waals surface area contributed by atoms with Gasteiger partial charge in [0.1, 0.15) is 0 Å². The zero-order chi connectivity index (χ0) is 12.0. The fourth-order valence-corrected chi connectivity index (χ4v) is 2.48. The molecule has 1 fully saturated rings. The van der Waals surface area contributed by atoms with Gasteiger partial charge in [0.2, 0.25) is 5.91 Å². The molecule has 0 radical (unpaired) electrons. The van der Waals surface area contributed by atoms with Gasteiger partial charge in [0.25, 0.3) is 0 Å². The molecule has 0 spiro atoms. The molecular formula is C13H26N2O. The van der Waals surface area contributed by atoms with E-state index in [9.17, 15) is 4.79 Å². The summed E-state index contributed by atoms with van der Waals surface area (Å²) in [5.74, 6) is 1.40. The molecule has 0 heterocycles. The highest BCUT2D eigenvalue weighted by Gasteiger charge is 2.20. The van der Waals surface area contributed by atoms with Crippen molar-refractivity contribution in [2.45, 2.75) is 46.0 Å². The number of rotatable bonds is 6. The molecule has 0 bridgehead atoms. The van der Waals surface area contributed by atoms with Crippen LogP contribution in [0.4, 0.5) is 0 Å². The molecule has 0 saturated heterocycles. The Labute approximate surface area is 99.2 Å². The van der Waals surface area contributed by atoms with Gasteiger partial charge in [0.15, 0.2) is 0 Å². The van der Waals surface area contributed by atoms with Crippen LogP contribution in [0.1, 0.15) is 46.0 Å². The monoisotopic (exact) mass is 226 g/mol. The first-order chi connectivity index (χ1) is 7.63. The average Bonchev–Trinajstić information content (AvgIpc) is 2.75. The molecule has 1 saturated carbocycles. The van der Waals surface area contributed by atoms with Crippen molar-refractivity contribution in [3.8, 4) is 0 Å². The van der Waals surface area contributed by atoms with Gasteiger partial charge in [-0.15, -0.1) is 0 Å². The molecule has 1 atom stereocenters. The van der Waals surface area contributed by atoms with Crippen LogP contribution < -0.4 is 11.1 Å². The summed E-state index contributed by atoms with van der Waals surface area (Å²) in [5.41, 5.74) is 5.64. The van der Waals surface area contributed by atoms with Gasteiger partial charge >= 0.3 is 0 Å². The van der Waals surface area contributed by atoms with Crippen molar-refractivity contribution in [3.63, 3.8) is 0 Å². The summed E-state index contributed by atoms with van der Waals surface area (Å²) in [7, 11) is 0. The van der Waals surface area contributed by atoms with Gasteiger partial charge in [-0.2, -0.15) is 0 Å². The Hall–Kier alpha value is -0.570. The fourth-order valence-electron chi connectivity index (χ4n) is 2.48. The van der Waals surface area contributed by atoms with Crippen molar-refractivity contribution in [3.05, 3.63) is 0 Å². The summed E-state index contributed by atoms with van der Waals surface area (Å²) in [4.78, 5) is 11.9. The first-order valence-corrected chi connectivity index (χ1v) is 6.61. The van der Waals surface area contributed by atoms with Crippen LogP contribution in [0, 0.1) is 17.8 Å². The molecule has 94 valence electrons. The Bertz CT molecular complexity index is 210. The Morgan fingerprint density at radius 3 is 2.50 bits per heavy atom. The normalized spacial score (nSPS) is 19.0. The highest BCUT2D eigenvalue weighted by molar-refractivity contribution is 5.78. The van der Waals surface area contributed by atoms with Gasteiger partial charge < -0.3 is 11.1 Å². The lowest BCUT2D eigenvalue weighted by molar-refractivity contribution is -0.125. The molecular weight excluding hydrogens is 200 g/mol. The molecule has 1 aliphatic carbocycles. The largest absolute Gasteiger partial charge is 0.356 e. The van der Waals surface area contributed by atoms with E-state index in [0.29, 0.717) is 18.4 Å². The van der Waals surface area contributed by atoms with E-state index in [1.165, 1.54) is 25.7 Å². The average molecular weight is 226 g/mol. The highest BCUT2D eigenvalue weighted by Crippen LogP contribution is 2.23. The van der Waals surface area contributed by atoms with Crippen LogP contribution in [-0.2, 0) is 4.79 Å². The van der Waals surface area contributed by atoms with E-state index in [0.717, 1.165) is 13.0 Å². The van der Waals surface area contributed by atoms with Crippen LogP contribution in [-0.4, -0.2) is 19.0 Å². The predicted molar refractivity (Wildman–Crippen MR) is 67.0 cm³/mol. The number of carbonyl (C=O) groups excluding carboxylic acids is 1. The number of carbonyl (C=O) groups is 1. The van der Waals surface area contributed by atoms with Gasteiger partial charge in [0.05, 0.1) is 5.92 Å². The summed E-state index contributed by atoms with van der Waals surface area (Å²) < 4.78 is 0. The second-order valence-electron chi connectivity index (χ2n) is 5.46. The number of amides is 1. The molecule has 1 unspecified atom stereocenters. The lowest BCUT2D eigenvalue weighted by Gasteiger charge is -2.18. The third-order valence-electron chi connectivity index (χ3n) is 3.45. The van der Waals surface area contributed by atoms with Gasteiger partial charge in [-0.3, -0.25) is 4.79 Å². The fraction of sp³-hybridized carbons (Fsp3) is 0.923. The maximum absolute atomic E-state index is 11.9. The van der Waals surface area contributed by atoms with E-state index in [-0.39, 0.29) is 11.8 Å². The number of nitrogens with two attached hydrogens (primary N) is 1. The van der Waals surface area contributed by atoms with E-state index in [2.05, 4.69) is 19.2 Å². The third-order valence-corrected chi connectivity index (χ3v) is 3.45. The minimum atomic E-state index is 0.00130. The number of hydrogen-bond acceptors (Lipinski definition) is 2. The smallest absolute Gasteiger partial charge is 0.224 e. The maximum Gasteiger partial charge on any atom is 0.224 e. The summed E-state index contributed by atoms with van der Waals surface area (Å²) in [6, 6.07) is 0. The molecule has 3 nitrogen and oxygen atoms in total. The molecule has 1 amide bonds. The van der Waals surface area contributed by atoms with E-state index in [1.54, 1.807) is 0 Å². The zero-order valence-corrected chi connectivity index (χ0v) is 10.7. The molecule has 0 aliphatic heterocycles. The van der Waals surface area contributed by atoms with Crippen LogP contribution in [0.5, 0.6) is 0 Å². The molecule has 3 N–H and O–H groups in total. The minimum Gasteiger partial charge on any atom is -0.356 e. The van der Waals surface area contributed by atoms with Gasteiger partial charge in [-0.1, -0.05) is 26.7 Å². The number of hydrogen-bond donors (Lipinski definition) is 2. The molecule has 1 aliphatic rings. The van der Waals surface area contributed by atoms with Gasteiger partial charge in [-0.25, -0.2) is 0 Å². The van der Waals surface area contributed by atoms with Gasteiger partial charge in [-0.05, 0) is 31.1 Å². The Kier molecular flexibility index (Phi) is 5.81. The lowest BCUT2D eigenvalue weighted by atomic mass is 9.96. The predicted octanol–water partition coefficient (Wildman–Crippen LogP) is 1.91. The van der Waals surface area contributed by atoms with E-state index >= 15 is 0 Å². The summed E-state index contributed by atoms with van der Waals surface area (Å²) in [5, 5.41) is 3.06. The van der Waals surface area contributed by atoms with Crippen LogP contribution in [0.25, 0.3) is 0 Å². The van der Waals surface area contributed by atoms with Crippen molar-refractivity contribution < 1.29 is 4.79 Å². The molecule has 1 rings (SSSR count). The topological polar surface area (TPSA) is 55.1 Å². The van der Waals surface area contributed by atoms with Crippen LogP contribution in [0.3, 0.4) is 0 Å². The lowest BCUT2D eigenvalue weighted by Crippen LogP contribution is -2.37. The van der Waals surface area contributed by atoms with Crippen molar-refractivity contribution in [2.24, 2.45) is 23.5 Å². The summed E-state index contributed by atoms with van der Waals surface area (Å²) >= 11 is 0. The summed E-state index contributed by atoms with van der Waals surface area (Å²) in [6.07, 6.45) is 6.10. The van der Waals surface area contributed by atoms with Crippen LogP contribution >= 0.6 is 0 Å². The molecule has 16 heavy (non-hydrogen) atoms. The second-order valence-corrected chi connectivity index (χ2v) is 5.46. The van der Waals surface area contributed by atoms with Crippen molar-refractivity contribution >= 4 is 5.91 Å². The zero-order valence-electron chi connectivity index (χ0n) is 10.7. The molecule has 0 aromatic rings. The van der Waals surface area contributed by atoms with Crippen LogP contribution in [0.15, 0.2) is 0 Å². The van der Waals surface area contributed by atoms with Crippen molar-refractivity contribution in [1.82, 2.24) is 5.32 Å². The molecule has 3 heteroatoms. The van der Waals surface area contributed by atoms with E-state index in [1.807, 2.05) is 0 Å². The van der Waals surface area contributed by atoms with Crippen molar-refractivity contribution in [2.75, 3.05) is 13.1 Å². The summed E-state index contributed by atoms with van der Waals surface area (Å²) in [6.45, 7) is 5.59. The molecule has 0 aromatic heterocycles. The Morgan fingerprint density at radius 1 is 1.38 bits per heavy atom. The standard InChI is InChI=1S/C13H26N2O/c1-10(2)7-12(8-14)13(16)15-9-11-5-3-4-6-11/h10-12H,3-9,14H2,1-2H3,(H,15,16). The Balaban J connectivity index is 2.25. The van der Waals surface area contributed by atoms with E-state index < -0.39 is 0 Å². The van der Waals surface area contributed by atoms with Gasteiger partial charge in [0, 0.05) is 13.1 Å². The quantitative estimate of drug-likeness (QED) is 0.727. The Morgan fingerprint density at radius 2 is 2.00 bits per heavy atom. The number of nitrogens with one attached hydrogen (secondary N) is 1.